The van der Waals surface area contributed by atoms with Crippen molar-refractivity contribution in [1.82, 2.24) is 4.57 Å². The van der Waals surface area contributed by atoms with Crippen LogP contribution in [0, 0.1) is 0 Å². The van der Waals surface area contributed by atoms with E-state index in [2.05, 4.69) is 252 Å². The van der Waals surface area contributed by atoms with Gasteiger partial charge in [0.2, 0.25) is 0 Å². The van der Waals surface area contributed by atoms with Crippen molar-refractivity contribution in [2.75, 3.05) is 4.90 Å². The molecule has 0 amide bonds. The molecule has 0 aliphatic rings. The fourth-order valence-corrected chi connectivity index (χ4v) is 11.3. The molecule has 3 heteroatoms. The molecule has 13 rings (SSSR count). The maximum atomic E-state index is 2.47. The molecule has 2 heterocycles. The number of aromatic nitrogens is 1. The van der Waals surface area contributed by atoms with Gasteiger partial charge >= 0.3 is 0 Å². The quantitative estimate of drug-likeness (QED) is 0.145. The van der Waals surface area contributed by atoms with Crippen LogP contribution in [-0.2, 0) is 0 Å². The SMILES string of the molecule is c1ccc(-c2ccc(N(c3ccc(-c4ccc5c(ccc6ccccc65)c4)cc3)c3cc4c(cc3-c3cccc5c3sc3ccccc35)c3ccccc3n4-c3ccccc3)cc2)cc1. The molecule has 0 atom stereocenters. The summed E-state index contributed by atoms with van der Waals surface area (Å²) in [6.45, 7) is 0. The molecule has 0 fully saturated rings. The van der Waals surface area contributed by atoms with Crippen molar-refractivity contribution in [2.24, 2.45) is 0 Å². The lowest BCUT2D eigenvalue weighted by molar-refractivity contribution is 1.18. The highest BCUT2D eigenvalue weighted by Gasteiger charge is 2.24. The summed E-state index contributed by atoms with van der Waals surface area (Å²) in [5.74, 6) is 0. The van der Waals surface area contributed by atoms with Gasteiger partial charge in [-0.05, 0) is 111 Å². The maximum Gasteiger partial charge on any atom is 0.0562 e. The fourth-order valence-electron chi connectivity index (χ4n) is 10.1. The number of anilines is 3. The predicted molar refractivity (Wildman–Crippen MR) is 280 cm³/mol. The van der Waals surface area contributed by atoms with Gasteiger partial charge in [-0.1, -0.05) is 176 Å². The highest BCUT2D eigenvalue weighted by atomic mass is 32.1. The minimum atomic E-state index is 1.08. The number of rotatable bonds is 7. The molecule has 0 radical (unpaired) electrons. The molecule has 2 nitrogen and oxygen atoms in total. The van der Waals surface area contributed by atoms with Gasteiger partial charge in [-0.15, -0.1) is 11.3 Å². The van der Waals surface area contributed by atoms with Crippen molar-refractivity contribution in [3.8, 4) is 39.1 Å². The van der Waals surface area contributed by atoms with Crippen LogP contribution in [0.2, 0.25) is 0 Å². The Morgan fingerprint density at radius 3 is 1.69 bits per heavy atom. The summed E-state index contributed by atoms with van der Waals surface area (Å²) in [5.41, 5.74) is 13.9. The first-order valence-corrected chi connectivity index (χ1v) is 23.1. The van der Waals surface area contributed by atoms with Gasteiger partial charge in [0, 0.05) is 59.1 Å². The fraction of sp³-hybridized carbons (Fsp3) is 0. The predicted octanol–water partition coefficient (Wildman–Crippen LogP) is 17.9. The molecule has 304 valence electrons. The Kier molecular flexibility index (Phi) is 8.75. The summed E-state index contributed by atoms with van der Waals surface area (Å²) in [5, 5.41) is 10.1. The van der Waals surface area contributed by atoms with E-state index in [1.165, 1.54) is 91.4 Å². The van der Waals surface area contributed by atoms with E-state index in [4.69, 9.17) is 0 Å². The van der Waals surface area contributed by atoms with Crippen LogP contribution in [0.3, 0.4) is 0 Å². The summed E-state index contributed by atoms with van der Waals surface area (Å²) in [6.07, 6.45) is 0. The molecule has 2 aromatic heterocycles. The van der Waals surface area contributed by atoms with Crippen LogP contribution in [-0.4, -0.2) is 4.57 Å². The second-order valence-electron chi connectivity index (χ2n) is 16.9. The van der Waals surface area contributed by atoms with Crippen molar-refractivity contribution in [3.05, 3.63) is 243 Å². The van der Waals surface area contributed by atoms with Crippen LogP contribution in [0.5, 0.6) is 0 Å². The minimum absolute atomic E-state index is 1.08. The molecule has 0 aliphatic heterocycles. The molecule has 0 aliphatic carbocycles. The van der Waals surface area contributed by atoms with Crippen LogP contribution >= 0.6 is 11.3 Å². The molecule has 0 spiro atoms. The maximum absolute atomic E-state index is 2.47. The summed E-state index contributed by atoms with van der Waals surface area (Å²) >= 11 is 1.88. The zero-order valence-electron chi connectivity index (χ0n) is 35.4. The normalized spacial score (nSPS) is 11.7. The lowest BCUT2D eigenvalue weighted by atomic mass is 9.96. The number of nitrogens with zero attached hydrogens (tertiary/aromatic N) is 2. The van der Waals surface area contributed by atoms with Crippen LogP contribution in [0.25, 0.3) is 103 Å². The number of fused-ring (bicyclic) bond motifs is 9. The molecule has 0 unspecified atom stereocenters. The first kappa shape index (κ1) is 37.3. The van der Waals surface area contributed by atoms with E-state index in [0.717, 1.165) is 28.3 Å². The van der Waals surface area contributed by atoms with Gasteiger partial charge in [0.25, 0.3) is 0 Å². The van der Waals surface area contributed by atoms with E-state index >= 15 is 0 Å². The van der Waals surface area contributed by atoms with Crippen molar-refractivity contribution < 1.29 is 0 Å². The largest absolute Gasteiger partial charge is 0.310 e. The molecule has 0 saturated carbocycles. The van der Waals surface area contributed by atoms with Crippen LogP contribution in [0.15, 0.2) is 243 Å². The molecule has 0 N–H and O–H groups in total. The zero-order valence-corrected chi connectivity index (χ0v) is 36.2. The van der Waals surface area contributed by atoms with Crippen molar-refractivity contribution in [3.63, 3.8) is 0 Å². The third kappa shape index (κ3) is 6.24. The van der Waals surface area contributed by atoms with E-state index in [1.54, 1.807) is 0 Å². The van der Waals surface area contributed by atoms with Crippen LogP contribution in [0.1, 0.15) is 0 Å². The lowest BCUT2D eigenvalue weighted by Crippen LogP contribution is -2.11. The summed E-state index contributed by atoms with van der Waals surface area (Å²) in [4.78, 5) is 2.47. The zero-order chi connectivity index (χ0) is 42.8. The smallest absolute Gasteiger partial charge is 0.0562 e. The second kappa shape index (κ2) is 15.2. The van der Waals surface area contributed by atoms with E-state index in [9.17, 15) is 0 Å². The van der Waals surface area contributed by atoms with Gasteiger partial charge in [-0.3, -0.25) is 0 Å². The van der Waals surface area contributed by atoms with Crippen LogP contribution in [0.4, 0.5) is 17.1 Å². The Hall–Kier alpha value is -8.24. The molecule has 65 heavy (non-hydrogen) atoms. The number of hydrogen-bond acceptors (Lipinski definition) is 2. The second-order valence-corrected chi connectivity index (χ2v) is 17.9. The van der Waals surface area contributed by atoms with E-state index in [-0.39, 0.29) is 0 Å². The van der Waals surface area contributed by atoms with Gasteiger partial charge < -0.3 is 9.47 Å². The molecule has 13 aromatic rings. The summed E-state index contributed by atoms with van der Waals surface area (Å²) < 4.78 is 5.02. The highest BCUT2D eigenvalue weighted by molar-refractivity contribution is 7.26. The monoisotopic (exact) mass is 844 g/mol. The van der Waals surface area contributed by atoms with Crippen molar-refractivity contribution in [1.29, 1.82) is 0 Å². The summed E-state index contributed by atoms with van der Waals surface area (Å²) in [6, 6.07) is 89.1. The Morgan fingerprint density at radius 1 is 0.323 bits per heavy atom. The number of benzene rings is 11. The van der Waals surface area contributed by atoms with Gasteiger partial charge in [0.1, 0.15) is 0 Å². The standard InChI is InChI=1S/C62H40N2S/c1-3-14-41(15-4-1)42-28-33-48(34-29-42)63(49-35-30-43(31-36-49)45-32-37-51-46(38-45)27-26-44-16-7-8-19-50(44)51)59-40-60-56(52-20-9-11-24-58(52)64(60)47-17-5-2-6-18-47)39-57(59)55-23-13-22-54-53-21-10-12-25-61(53)65-62(54)55/h1-40H. The van der Waals surface area contributed by atoms with Gasteiger partial charge in [-0.25, -0.2) is 0 Å². The third-order valence-corrected chi connectivity index (χ3v) is 14.4. The average molecular weight is 845 g/mol. The van der Waals surface area contributed by atoms with Crippen molar-refractivity contribution >= 4 is 91.9 Å². The third-order valence-electron chi connectivity index (χ3n) is 13.2. The minimum Gasteiger partial charge on any atom is -0.310 e. The van der Waals surface area contributed by atoms with E-state index in [1.807, 2.05) is 11.3 Å². The lowest BCUT2D eigenvalue weighted by Gasteiger charge is -2.29. The first-order valence-electron chi connectivity index (χ1n) is 22.2. The van der Waals surface area contributed by atoms with Gasteiger partial charge in [0.15, 0.2) is 0 Å². The molecular formula is C62H40N2S. The highest BCUT2D eigenvalue weighted by Crippen LogP contribution is 2.49. The summed E-state index contributed by atoms with van der Waals surface area (Å²) in [7, 11) is 0. The average Bonchev–Trinajstić information content (AvgIpc) is 3.92. The molecule has 11 aromatic carbocycles. The Morgan fingerprint density at radius 2 is 0.908 bits per heavy atom. The Bertz CT molecular complexity index is 3920. The Labute approximate surface area is 381 Å². The van der Waals surface area contributed by atoms with Crippen molar-refractivity contribution in [2.45, 2.75) is 0 Å². The van der Waals surface area contributed by atoms with Gasteiger partial charge in [0.05, 0.1) is 16.7 Å². The Balaban J connectivity index is 1.06. The molecular weight excluding hydrogens is 805 g/mol. The van der Waals surface area contributed by atoms with E-state index in [0.29, 0.717) is 0 Å². The topological polar surface area (TPSA) is 8.17 Å². The number of hydrogen-bond donors (Lipinski definition) is 0. The first-order chi connectivity index (χ1) is 32.2. The molecule has 0 bridgehead atoms. The molecule has 0 saturated heterocycles. The van der Waals surface area contributed by atoms with Crippen LogP contribution < -0.4 is 4.90 Å². The number of thiophene rings is 1. The number of para-hydroxylation sites is 2. The van der Waals surface area contributed by atoms with Gasteiger partial charge in [-0.2, -0.15) is 0 Å². The van der Waals surface area contributed by atoms with E-state index < -0.39 is 0 Å².